The summed E-state index contributed by atoms with van der Waals surface area (Å²) < 4.78 is 34.0. The van der Waals surface area contributed by atoms with Crippen LogP contribution in [0.4, 0.5) is 4.79 Å². The third-order valence-electron chi connectivity index (χ3n) is 6.48. The van der Waals surface area contributed by atoms with E-state index >= 15 is 0 Å². The van der Waals surface area contributed by atoms with Gasteiger partial charge in [0, 0.05) is 23.7 Å². The lowest BCUT2D eigenvalue weighted by atomic mass is 9.90. The number of nitrogens with zero attached hydrogens (tertiary/aromatic N) is 1. The van der Waals surface area contributed by atoms with Crippen molar-refractivity contribution in [3.05, 3.63) is 41.4 Å². The van der Waals surface area contributed by atoms with Crippen molar-refractivity contribution in [2.45, 2.75) is 81.5 Å². The van der Waals surface area contributed by atoms with Crippen LogP contribution in [0.3, 0.4) is 0 Å². The van der Waals surface area contributed by atoms with Crippen LogP contribution in [0, 0.1) is 0 Å². The number of rotatable bonds is 5. The predicted molar refractivity (Wildman–Crippen MR) is 135 cm³/mol. The Kier molecular flexibility index (Phi) is 7.31. The third kappa shape index (κ3) is 6.26. The van der Waals surface area contributed by atoms with Crippen molar-refractivity contribution in [3.63, 3.8) is 0 Å². The number of hydrogen-bond donors (Lipinski definition) is 2. The fraction of sp³-hybridized carbons (Fsp3) is 0.520. The van der Waals surface area contributed by atoms with E-state index in [1.165, 1.54) is 6.07 Å². The Morgan fingerprint density at radius 1 is 1.03 bits per heavy atom. The lowest BCUT2D eigenvalue weighted by Crippen LogP contribution is -2.48. The zero-order valence-electron chi connectivity index (χ0n) is 20.2. The number of alkyl carbamates (subject to hydrolysis) is 1. The van der Waals surface area contributed by atoms with Gasteiger partial charge in [0.05, 0.1) is 4.90 Å². The molecule has 0 bridgehead atoms. The topological polar surface area (TPSA) is 105 Å². The van der Waals surface area contributed by atoms with Gasteiger partial charge >= 0.3 is 6.09 Å². The number of carbonyl (C=O) groups is 2. The molecule has 1 saturated carbocycles. The van der Waals surface area contributed by atoms with E-state index < -0.39 is 27.8 Å². The van der Waals surface area contributed by atoms with Crippen molar-refractivity contribution in [2.24, 2.45) is 0 Å². The van der Waals surface area contributed by atoms with Gasteiger partial charge in [-0.15, -0.1) is 0 Å². The van der Waals surface area contributed by atoms with Crippen molar-refractivity contribution in [1.82, 2.24) is 14.9 Å². The Hall–Kier alpha value is -2.36. The molecule has 2 amide bonds. The van der Waals surface area contributed by atoms with Crippen LogP contribution in [-0.4, -0.2) is 55.6 Å². The minimum atomic E-state index is -3.86. The molecule has 190 valence electrons. The molecule has 10 heteroatoms. The highest BCUT2D eigenvalue weighted by Gasteiger charge is 2.39. The molecule has 0 aromatic heterocycles. The minimum Gasteiger partial charge on any atom is -0.444 e. The third-order valence-corrected chi connectivity index (χ3v) is 8.18. The monoisotopic (exact) mass is 521 g/mol. The smallest absolute Gasteiger partial charge is 0.407 e. The van der Waals surface area contributed by atoms with E-state index in [0.717, 1.165) is 36.5 Å². The lowest BCUT2D eigenvalue weighted by molar-refractivity contribution is -0.131. The number of sulfonamides is 1. The summed E-state index contributed by atoms with van der Waals surface area (Å²) in [7, 11) is -3.86. The fourth-order valence-electron chi connectivity index (χ4n) is 4.80. The van der Waals surface area contributed by atoms with Crippen molar-refractivity contribution in [2.75, 3.05) is 6.54 Å². The van der Waals surface area contributed by atoms with E-state index in [1.54, 1.807) is 35.2 Å². The van der Waals surface area contributed by atoms with Crippen LogP contribution in [0.15, 0.2) is 41.3 Å². The summed E-state index contributed by atoms with van der Waals surface area (Å²) in [6.45, 7) is 5.98. The summed E-state index contributed by atoms with van der Waals surface area (Å²) in [5, 5.41) is 5.09. The highest BCUT2D eigenvalue weighted by molar-refractivity contribution is 7.89. The normalized spacial score (nSPS) is 23.5. The van der Waals surface area contributed by atoms with E-state index in [9.17, 15) is 18.0 Å². The van der Waals surface area contributed by atoms with Gasteiger partial charge in [0.25, 0.3) is 0 Å². The van der Waals surface area contributed by atoms with Crippen LogP contribution in [-0.2, 0) is 19.6 Å². The quantitative estimate of drug-likeness (QED) is 0.613. The number of halogens is 1. The molecule has 1 atom stereocenters. The van der Waals surface area contributed by atoms with Gasteiger partial charge in [-0.25, -0.2) is 13.2 Å². The molecule has 4 rings (SSSR count). The molecule has 1 aliphatic heterocycles. The van der Waals surface area contributed by atoms with E-state index in [-0.39, 0.29) is 22.9 Å². The van der Waals surface area contributed by atoms with E-state index in [0.29, 0.717) is 18.0 Å². The van der Waals surface area contributed by atoms with Gasteiger partial charge in [-0.2, -0.15) is 4.72 Å². The molecular formula is C25H32ClN3O5S. The van der Waals surface area contributed by atoms with Crippen molar-refractivity contribution in [1.29, 1.82) is 0 Å². The minimum absolute atomic E-state index is 0.0101. The van der Waals surface area contributed by atoms with Crippen LogP contribution < -0.4 is 10.0 Å². The Balaban J connectivity index is 1.33. The standard InChI is InChI=1S/C25H32ClN3O5S/c1-25(2,3)34-24(31)27-19-7-9-20(10-8-19)29-13-12-22(23(29)30)28-35(32,33)21-11-5-16-14-18(26)6-4-17(16)15-21/h4-6,11,14-15,19-20,22,28H,7-10,12-13H2,1-3H3,(H,27,31). The molecule has 2 N–H and O–H groups in total. The van der Waals surface area contributed by atoms with Crippen molar-refractivity contribution in [3.8, 4) is 0 Å². The Morgan fingerprint density at radius 2 is 1.69 bits per heavy atom. The summed E-state index contributed by atoms with van der Waals surface area (Å²) >= 11 is 6.01. The molecule has 1 heterocycles. The molecule has 0 radical (unpaired) electrons. The maximum atomic E-state index is 13.1. The van der Waals surface area contributed by atoms with E-state index in [2.05, 4.69) is 10.0 Å². The van der Waals surface area contributed by atoms with Crippen LogP contribution in [0.2, 0.25) is 5.02 Å². The van der Waals surface area contributed by atoms with Gasteiger partial charge in [0.2, 0.25) is 15.9 Å². The second kappa shape index (κ2) is 9.95. The second-order valence-corrected chi connectivity index (χ2v) is 12.4. The average molecular weight is 522 g/mol. The van der Waals surface area contributed by atoms with Crippen LogP contribution in [0.5, 0.6) is 0 Å². The SMILES string of the molecule is CC(C)(C)OC(=O)NC1CCC(N2CCC(NS(=O)(=O)c3ccc4cc(Cl)ccc4c3)C2=O)CC1. The van der Waals surface area contributed by atoms with Crippen LogP contribution in [0.1, 0.15) is 52.9 Å². The number of amides is 2. The summed E-state index contributed by atoms with van der Waals surface area (Å²) in [5.74, 6) is -0.190. The number of carbonyl (C=O) groups excluding carboxylic acids is 2. The van der Waals surface area contributed by atoms with Gasteiger partial charge < -0.3 is 15.0 Å². The Bertz CT molecular complexity index is 1220. The lowest BCUT2D eigenvalue weighted by Gasteiger charge is -2.35. The van der Waals surface area contributed by atoms with Gasteiger partial charge in [-0.1, -0.05) is 23.7 Å². The van der Waals surface area contributed by atoms with Gasteiger partial charge in [-0.05, 0) is 87.9 Å². The highest BCUT2D eigenvalue weighted by Crippen LogP contribution is 2.28. The maximum absolute atomic E-state index is 13.1. The number of likely N-dealkylation sites (tertiary alicyclic amines) is 1. The summed E-state index contributed by atoms with van der Waals surface area (Å²) in [4.78, 5) is 27.0. The molecule has 2 aromatic rings. The van der Waals surface area contributed by atoms with Crippen LogP contribution in [0.25, 0.3) is 10.8 Å². The van der Waals surface area contributed by atoms with Crippen molar-refractivity contribution >= 4 is 44.4 Å². The van der Waals surface area contributed by atoms with Gasteiger partial charge in [0.15, 0.2) is 0 Å². The molecule has 0 spiro atoms. The predicted octanol–water partition coefficient (Wildman–Crippen LogP) is 4.21. The molecular weight excluding hydrogens is 490 g/mol. The molecule has 2 fully saturated rings. The number of hydrogen-bond acceptors (Lipinski definition) is 5. The Morgan fingerprint density at radius 3 is 2.37 bits per heavy atom. The highest BCUT2D eigenvalue weighted by atomic mass is 35.5. The second-order valence-electron chi connectivity index (χ2n) is 10.3. The molecule has 2 aromatic carbocycles. The first-order valence-corrected chi connectivity index (χ1v) is 13.8. The zero-order valence-corrected chi connectivity index (χ0v) is 21.8. The Labute approximate surface area is 211 Å². The number of nitrogens with one attached hydrogen (secondary N) is 2. The first kappa shape index (κ1) is 25.7. The summed E-state index contributed by atoms with van der Waals surface area (Å²) in [6.07, 6.45) is 2.98. The van der Waals surface area contributed by atoms with Gasteiger partial charge in [-0.3, -0.25) is 4.79 Å². The maximum Gasteiger partial charge on any atom is 0.407 e. The molecule has 35 heavy (non-hydrogen) atoms. The van der Waals surface area contributed by atoms with E-state index in [4.69, 9.17) is 16.3 Å². The average Bonchev–Trinajstić information content (AvgIpc) is 3.12. The number of ether oxygens (including phenoxy) is 1. The number of benzene rings is 2. The van der Waals surface area contributed by atoms with Crippen molar-refractivity contribution < 1.29 is 22.7 Å². The molecule has 1 aliphatic carbocycles. The van der Waals surface area contributed by atoms with E-state index in [1.807, 2.05) is 20.8 Å². The molecule has 2 aliphatic rings. The molecule has 1 saturated heterocycles. The molecule has 8 nitrogen and oxygen atoms in total. The first-order chi connectivity index (χ1) is 16.4. The largest absolute Gasteiger partial charge is 0.444 e. The van der Waals surface area contributed by atoms with Gasteiger partial charge in [0.1, 0.15) is 11.6 Å². The van der Waals surface area contributed by atoms with Crippen LogP contribution >= 0.6 is 11.6 Å². The summed E-state index contributed by atoms with van der Waals surface area (Å²) in [6, 6.07) is 9.35. The summed E-state index contributed by atoms with van der Waals surface area (Å²) in [5.41, 5.74) is -0.549. The first-order valence-electron chi connectivity index (χ1n) is 11.9. The fourth-order valence-corrected chi connectivity index (χ4v) is 6.24. The number of fused-ring (bicyclic) bond motifs is 1. The molecule has 1 unspecified atom stereocenters. The zero-order chi connectivity index (χ0) is 25.4.